The van der Waals surface area contributed by atoms with E-state index < -0.39 is 0 Å². The molecule has 3 saturated carbocycles. The highest BCUT2D eigenvalue weighted by atomic mass is 15.5. The summed E-state index contributed by atoms with van der Waals surface area (Å²) in [5.74, 6) is 0. The largest absolute Gasteiger partial charge is 0.306 e. The Bertz CT molecular complexity index is 484. The first-order valence-electron chi connectivity index (χ1n) is 14.0. The van der Waals surface area contributed by atoms with Gasteiger partial charge in [0.2, 0.25) is 0 Å². The van der Waals surface area contributed by atoms with E-state index in [1.807, 2.05) is 0 Å². The minimum Gasteiger partial charge on any atom is -0.306 e. The summed E-state index contributed by atoms with van der Waals surface area (Å²) in [6, 6.07) is 4.72. The molecule has 4 aliphatic rings. The van der Waals surface area contributed by atoms with Crippen molar-refractivity contribution in [3.63, 3.8) is 0 Å². The van der Waals surface area contributed by atoms with Gasteiger partial charge < -0.3 is 14.7 Å². The van der Waals surface area contributed by atoms with Gasteiger partial charge in [-0.2, -0.15) is 0 Å². The van der Waals surface area contributed by atoms with Crippen LogP contribution in [0.1, 0.15) is 77.0 Å². The highest BCUT2D eigenvalue weighted by Gasteiger charge is 2.38. The van der Waals surface area contributed by atoms with Crippen LogP contribution in [0.15, 0.2) is 0 Å². The van der Waals surface area contributed by atoms with E-state index >= 15 is 0 Å². The molecule has 0 radical (unpaired) electrons. The molecular formula is C27H54N6. The Labute approximate surface area is 205 Å². The first-order chi connectivity index (χ1) is 15.8. The van der Waals surface area contributed by atoms with Crippen molar-refractivity contribution < 1.29 is 0 Å². The van der Waals surface area contributed by atoms with E-state index in [1.54, 1.807) is 0 Å². The molecule has 6 heteroatoms. The van der Waals surface area contributed by atoms with E-state index in [1.165, 1.54) is 97.1 Å². The van der Waals surface area contributed by atoms with Gasteiger partial charge in [-0.15, -0.1) is 0 Å². The molecule has 0 bridgehead atoms. The molecule has 33 heavy (non-hydrogen) atoms. The van der Waals surface area contributed by atoms with E-state index in [2.05, 4.69) is 71.7 Å². The van der Waals surface area contributed by atoms with Crippen molar-refractivity contribution in [1.29, 1.82) is 0 Å². The number of hydrogen-bond donors (Lipinski definition) is 0. The smallest absolute Gasteiger partial charge is 0.0535 e. The van der Waals surface area contributed by atoms with Crippen LogP contribution in [0.25, 0.3) is 0 Å². The number of rotatable bonds is 6. The van der Waals surface area contributed by atoms with Crippen LogP contribution in [0.2, 0.25) is 0 Å². The zero-order chi connectivity index (χ0) is 23.5. The molecule has 4 rings (SSSR count). The maximum Gasteiger partial charge on any atom is 0.0535 e. The molecule has 0 atom stereocenters. The molecular weight excluding hydrogens is 408 g/mol. The Hall–Kier alpha value is -0.240. The van der Waals surface area contributed by atoms with Gasteiger partial charge in [-0.1, -0.05) is 0 Å². The lowest BCUT2D eigenvalue weighted by Crippen LogP contribution is -2.63. The van der Waals surface area contributed by atoms with Crippen LogP contribution in [-0.2, 0) is 0 Å². The highest BCUT2D eigenvalue weighted by molar-refractivity contribution is 4.91. The van der Waals surface area contributed by atoms with Crippen LogP contribution in [0.4, 0.5) is 0 Å². The highest BCUT2D eigenvalue weighted by Crippen LogP contribution is 2.33. The quantitative estimate of drug-likeness (QED) is 0.598. The molecule has 0 aromatic rings. The van der Waals surface area contributed by atoms with Crippen LogP contribution in [0, 0.1) is 0 Å². The summed E-state index contributed by atoms with van der Waals surface area (Å²) in [6.45, 7) is 3.62. The van der Waals surface area contributed by atoms with Crippen LogP contribution in [-0.4, -0.2) is 128 Å². The lowest BCUT2D eigenvalue weighted by atomic mass is 9.87. The molecule has 1 saturated heterocycles. The number of hydrogen-bond acceptors (Lipinski definition) is 6. The summed E-state index contributed by atoms with van der Waals surface area (Å²) in [7, 11) is 13.6. The summed E-state index contributed by atoms with van der Waals surface area (Å²) in [5.41, 5.74) is 0. The van der Waals surface area contributed by atoms with Gasteiger partial charge in [-0.05, 0) is 119 Å². The maximum atomic E-state index is 2.89. The van der Waals surface area contributed by atoms with Gasteiger partial charge in [-0.25, -0.2) is 0 Å². The molecule has 1 heterocycles. The fraction of sp³-hybridized carbons (Fsp3) is 1.00. The third-order valence-corrected chi connectivity index (χ3v) is 9.83. The predicted octanol–water partition coefficient (Wildman–Crippen LogP) is 3.40. The van der Waals surface area contributed by atoms with Gasteiger partial charge in [0.25, 0.3) is 0 Å². The Morgan fingerprint density at radius 2 is 0.576 bits per heavy atom. The fourth-order valence-electron chi connectivity index (χ4n) is 7.35. The number of nitrogens with zero attached hydrogens (tertiary/aromatic N) is 6. The average Bonchev–Trinajstić information content (AvgIpc) is 2.84. The Morgan fingerprint density at radius 3 is 0.758 bits per heavy atom. The normalized spacial score (nSPS) is 38.5. The summed E-state index contributed by atoms with van der Waals surface area (Å²) in [4.78, 5) is 16.1. The molecule has 0 spiro atoms. The van der Waals surface area contributed by atoms with E-state index in [4.69, 9.17) is 0 Å². The van der Waals surface area contributed by atoms with Crippen molar-refractivity contribution in [2.24, 2.45) is 0 Å². The molecule has 0 amide bonds. The van der Waals surface area contributed by atoms with Crippen LogP contribution >= 0.6 is 0 Å². The van der Waals surface area contributed by atoms with Gasteiger partial charge in [0, 0.05) is 36.3 Å². The van der Waals surface area contributed by atoms with Gasteiger partial charge in [0.1, 0.15) is 0 Å². The average molecular weight is 463 g/mol. The van der Waals surface area contributed by atoms with Crippen molar-refractivity contribution >= 4 is 0 Å². The summed E-state index contributed by atoms with van der Waals surface area (Å²) < 4.78 is 0. The zero-order valence-corrected chi connectivity index (χ0v) is 22.8. The van der Waals surface area contributed by atoms with Gasteiger partial charge >= 0.3 is 0 Å². The van der Waals surface area contributed by atoms with E-state index in [9.17, 15) is 0 Å². The minimum absolute atomic E-state index is 0.780. The second-order valence-electron chi connectivity index (χ2n) is 12.5. The van der Waals surface area contributed by atoms with Crippen molar-refractivity contribution in [2.75, 3.05) is 62.3 Å². The summed E-state index contributed by atoms with van der Waals surface area (Å²) in [6.07, 6.45) is 16.5. The third kappa shape index (κ3) is 6.50. The van der Waals surface area contributed by atoms with E-state index in [0.717, 1.165) is 36.3 Å². The second kappa shape index (κ2) is 11.7. The van der Waals surface area contributed by atoms with Gasteiger partial charge in [0.05, 0.1) is 20.0 Å². The second-order valence-corrected chi connectivity index (χ2v) is 12.5. The lowest BCUT2D eigenvalue weighted by Gasteiger charge is -2.53. The molecule has 0 unspecified atom stereocenters. The molecule has 192 valence electrons. The monoisotopic (exact) mass is 462 g/mol. The molecule has 0 aromatic carbocycles. The summed E-state index contributed by atoms with van der Waals surface area (Å²) in [5, 5.41) is 0. The van der Waals surface area contributed by atoms with Crippen molar-refractivity contribution in [2.45, 2.75) is 113 Å². The van der Waals surface area contributed by atoms with Crippen LogP contribution in [0.5, 0.6) is 0 Å². The van der Waals surface area contributed by atoms with Gasteiger partial charge in [-0.3, -0.25) is 14.7 Å². The minimum atomic E-state index is 0.780. The Kier molecular flexibility index (Phi) is 9.13. The van der Waals surface area contributed by atoms with E-state index in [-0.39, 0.29) is 0 Å². The van der Waals surface area contributed by atoms with Crippen LogP contribution < -0.4 is 0 Å². The Morgan fingerprint density at radius 1 is 0.364 bits per heavy atom. The SMILES string of the molecule is CN(C)C1CCC(N2CN(C3CCC(N(C)C)CC3)CN(C3CCC(N(C)C)CC3)C2)CC1. The van der Waals surface area contributed by atoms with Gasteiger partial charge in [0.15, 0.2) is 0 Å². The van der Waals surface area contributed by atoms with Crippen LogP contribution in [0.3, 0.4) is 0 Å². The topological polar surface area (TPSA) is 19.4 Å². The van der Waals surface area contributed by atoms with Crippen molar-refractivity contribution in [3.05, 3.63) is 0 Å². The molecule has 3 aliphatic carbocycles. The maximum absolute atomic E-state index is 2.89. The molecule has 0 aromatic heterocycles. The first-order valence-corrected chi connectivity index (χ1v) is 14.0. The predicted molar refractivity (Wildman–Crippen MR) is 139 cm³/mol. The molecule has 6 nitrogen and oxygen atoms in total. The standard InChI is InChI=1S/C27H54N6/c1-28(2)22-7-13-25(14-8-22)31-19-32(26-15-9-23(10-16-26)29(3)4)21-33(20-31)27-17-11-24(12-18-27)30(5)6/h22-27H,7-21H2,1-6H3. The molecule has 1 aliphatic heterocycles. The third-order valence-electron chi connectivity index (χ3n) is 9.83. The lowest BCUT2D eigenvalue weighted by molar-refractivity contribution is -0.104. The molecule has 0 N–H and O–H groups in total. The van der Waals surface area contributed by atoms with E-state index in [0.29, 0.717) is 0 Å². The molecule has 4 fully saturated rings. The zero-order valence-electron chi connectivity index (χ0n) is 22.8. The Balaban J connectivity index is 1.40. The first kappa shape index (κ1) is 25.8. The summed E-state index contributed by atoms with van der Waals surface area (Å²) >= 11 is 0. The fourth-order valence-corrected chi connectivity index (χ4v) is 7.35. The van der Waals surface area contributed by atoms with Crippen molar-refractivity contribution in [1.82, 2.24) is 29.4 Å². The van der Waals surface area contributed by atoms with Crippen molar-refractivity contribution in [3.8, 4) is 0 Å².